The molecule has 1 heterocycles. The van der Waals surface area contributed by atoms with E-state index in [1.807, 2.05) is 44.2 Å². The zero-order chi connectivity index (χ0) is 17.3. The highest BCUT2D eigenvalue weighted by Crippen LogP contribution is 2.33. The Labute approximate surface area is 142 Å². The van der Waals surface area contributed by atoms with Crippen molar-refractivity contribution >= 4 is 10.0 Å². The lowest BCUT2D eigenvalue weighted by Gasteiger charge is -2.21. The molecule has 3 rings (SSSR count). The van der Waals surface area contributed by atoms with Crippen LogP contribution in [-0.4, -0.2) is 21.6 Å². The summed E-state index contributed by atoms with van der Waals surface area (Å²) < 4.78 is 39.2. The fourth-order valence-corrected chi connectivity index (χ4v) is 4.25. The maximum Gasteiger partial charge on any atom is 0.241 e. The van der Waals surface area contributed by atoms with Crippen LogP contribution < -0.4 is 14.2 Å². The van der Waals surface area contributed by atoms with Crippen LogP contribution in [0.25, 0.3) is 0 Å². The molecule has 0 spiro atoms. The molecule has 5 nitrogen and oxygen atoms in total. The van der Waals surface area contributed by atoms with Crippen LogP contribution in [0.2, 0.25) is 0 Å². The number of aryl methyl sites for hydroxylation is 2. The largest absolute Gasteiger partial charge is 0.486 e. The number of rotatable bonds is 4. The van der Waals surface area contributed by atoms with Gasteiger partial charge in [0.05, 0.1) is 4.90 Å². The molecule has 128 valence electrons. The van der Waals surface area contributed by atoms with Gasteiger partial charge in [0, 0.05) is 6.04 Å². The molecule has 6 heteroatoms. The number of nitrogens with one attached hydrogen (secondary N) is 1. The Morgan fingerprint density at radius 2 is 1.71 bits per heavy atom. The lowest BCUT2D eigenvalue weighted by Crippen LogP contribution is -2.27. The van der Waals surface area contributed by atoms with Crippen LogP contribution >= 0.6 is 0 Å². The Kier molecular flexibility index (Phi) is 4.51. The first-order valence-electron chi connectivity index (χ1n) is 7.86. The summed E-state index contributed by atoms with van der Waals surface area (Å²) in [7, 11) is -3.60. The smallest absolute Gasteiger partial charge is 0.241 e. The summed E-state index contributed by atoms with van der Waals surface area (Å²) in [5.74, 6) is 1.34. The molecule has 0 bridgehead atoms. The third-order valence-corrected chi connectivity index (χ3v) is 5.71. The second-order valence-electron chi connectivity index (χ2n) is 6.02. The van der Waals surface area contributed by atoms with Gasteiger partial charge in [0.1, 0.15) is 13.2 Å². The SMILES string of the molecule is Cc1ccc(C)c(S(=O)(=O)N[C@@H](C)c2ccc3c(c2)OCCO3)c1. The van der Waals surface area contributed by atoms with Gasteiger partial charge in [-0.25, -0.2) is 13.1 Å². The average Bonchev–Trinajstić information content (AvgIpc) is 2.56. The van der Waals surface area contributed by atoms with Gasteiger partial charge in [-0.2, -0.15) is 0 Å². The molecule has 1 aliphatic heterocycles. The molecule has 0 aromatic heterocycles. The number of hydrogen-bond acceptors (Lipinski definition) is 4. The van der Waals surface area contributed by atoms with Crippen molar-refractivity contribution in [3.8, 4) is 11.5 Å². The lowest BCUT2D eigenvalue weighted by atomic mass is 10.1. The highest BCUT2D eigenvalue weighted by Gasteiger charge is 2.22. The van der Waals surface area contributed by atoms with E-state index in [1.165, 1.54) is 0 Å². The van der Waals surface area contributed by atoms with Crippen LogP contribution in [0.3, 0.4) is 0 Å². The van der Waals surface area contributed by atoms with Crippen LogP contribution in [0.4, 0.5) is 0 Å². The summed E-state index contributed by atoms with van der Waals surface area (Å²) in [6.07, 6.45) is 0. The van der Waals surface area contributed by atoms with E-state index in [0.717, 1.165) is 16.7 Å². The third kappa shape index (κ3) is 3.39. The van der Waals surface area contributed by atoms with E-state index >= 15 is 0 Å². The number of sulfonamides is 1. The van der Waals surface area contributed by atoms with Crippen molar-refractivity contribution in [3.05, 3.63) is 53.1 Å². The molecule has 0 aliphatic carbocycles. The molecule has 0 amide bonds. The van der Waals surface area contributed by atoms with Crippen molar-refractivity contribution in [3.63, 3.8) is 0 Å². The number of benzene rings is 2. The Bertz CT molecular complexity index is 861. The van der Waals surface area contributed by atoms with Crippen LogP contribution in [-0.2, 0) is 10.0 Å². The quantitative estimate of drug-likeness (QED) is 0.923. The summed E-state index contributed by atoms with van der Waals surface area (Å²) in [5, 5.41) is 0. The Hall–Kier alpha value is -2.05. The van der Waals surface area contributed by atoms with Crippen LogP contribution in [0.5, 0.6) is 11.5 Å². The van der Waals surface area contributed by atoms with Crippen molar-refractivity contribution in [2.45, 2.75) is 31.7 Å². The highest BCUT2D eigenvalue weighted by molar-refractivity contribution is 7.89. The maximum atomic E-state index is 12.7. The molecule has 0 unspecified atom stereocenters. The molecule has 1 aliphatic rings. The Morgan fingerprint density at radius 1 is 1.00 bits per heavy atom. The number of ether oxygens (including phenoxy) is 2. The number of hydrogen-bond donors (Lipinski definition) is 1. The van der Waals surface area contributed by atoms with E-state index in [-0.39, 0.29) is 6.04 Å². The first-order valence-corrected chi connectivity index (χ1v) is 9.34. The van der Waals surface area contributed by atoms with Crippen molar-refractivity contribution in [2.24, 2.45) is 0 Å². The molecular formula is C18H21NO4S. The number of fused-ring (bicyclic) bond motifs is 1. The summed E-state index contributed by atoms with van der Waals surface area (Å²) in [5.41, 5.74) is 2.46. The molecule has 2 aromatic rings. The molecule has 2 aromatic carbocycles. The molecule has 0 saturated heterocycles. The predicted molar refractivity (Wildman–Crippen MR) is 92.1 cm³/mol. The summed E-state index contributed by atoms with van der Waals surface area (Å²) in [4.78, 5) is 0.312. The summed E-state index contributed by atoms with van der Waals surface area (Å²) in [6, 6.07) is 10.5. The minimum absolute atomic E-state index is 0.312. The molecule has 1 N–H and O–H groups in total. The molecule has 1 atom stereocenters. The third-order valence-electron chi connectivity index (χ3n) is 4.03. The molecular weight excluding hydrogens is 326 g/mol. The molecule has 24 heavy (non-hydrogen) atoms. The molecule has 0 saturated carbocycles. The lowest BCUT2D eigenvalue weighted by molar-refractivity contribution is 0.171. The maximum absolute atomic E-state index is 12.7. The van der Waals surface area contributed by atoms with Gasteiger partial charge in [-0.1, -0.05) is 18.2 Å². The average molecular weight is 347 g/mol. The van der Waals surface area contributed by atoms with E-state index in [2.05, 4.69) is 4.72 Å². The minimum Gasteiger partial charge on any atom is -0.486 e. The van der Waals surface area contributed by atoms with E-state index in [4.69, 9.17) is 9.47 Å². The van der Waals surface area contributed by atoms with E-state index in [0.29, 0.717) is 29.6 Å². The van der Waals surface area contributed by atoms with Crippen molar-refractivity contribution in [1.82, 2.24) is 4.72 Å². The predicted octanol–water partition coefficient (Wildman–Crippen LogP) is 3.11. The minimum atomic E-state index is -3.60. The second kappa shape index (κ2) is 6.45. The van der Waals surface area contributed by atoms with Crippen molar-refractivity contribution < 1.29 is 17.9 Å². The Morgan fingerprint density at radius 3 is 2.46 bits per heavy atom. The van der Waals surface area contributed by atoms with E-state index in [9.17, 15) is 8.42 Å². The zero-order valence-corrected chi connectivity index (χ0v) is 14.8. The van der Waals surface area contributed by atoms with Gasteiger partial charge in [0.15, 0.2) is 11.5 Å². The van der Waals surface area contributed by atoms with Gasteiger partial charge < -0.3 is 9.47 Å². The van der Waals surface area contributed by atoms with Gasteiger partial charge in [-0.3, -0.25) is 0 Å². The topological polar surface area (TPSA) is 64.6 Å². The standard InChI is InChI=1S/C18H21NO4S/c1-12-4-5-13(2)18(10-12)24(20,21)19-14(3)15-6-7-16-17(11-15)23-9-8-22-16/h4-7,10-11,14,19H,8-9H2,1-3H3/t14-/m0/s1. The fraction of sp³-hybridized carbons (Fsp3) is 0.333. The first kappa shape index (κ1) is 16.8. The normalized spacial score (nSPS) is 15.1. The van der Waals surface area contributed by atoms with Crippen molar-refractivity contribution in [1.29, 1.82) is 0 Å². The van der Waals surface area contributed by atoms with Crippen LogP contribution in [0.1, 0.15) is 29.7 Å². The van der Waals surface area contributed by atoms with Gasteiger partial charge >= 0.3 is 0 Å². The van der Waals surface area contributed by atoms with Gasteiger partial charge in [0.2, 0.25) is 10.0 Å². The second-order valence-corrected chi connectivity index (χ2v) is 7.70. The van der Waals surface area contributed by atoms with E-state index < -0.39 is 10.0 Å². The van der Waals surface area contributed by atoms with Gasteiger partial charge in [-0.05, 0) is 55.7 Å². The van der Waals surface area contributed by atoms with Crippen molar-refractivity contribution in [2.75, 3.05) is 13.2 Å². The van der Waals surface area contributed by atoms with Gasteiger partial charge in [0.25, 0.3) is 0 Å². The van der Waals surface area contributed by atoms with Gasteiger partial charge in [-0.15, -0.1) is 0 Å². The summed E-state index contributed by atoms with van der Waals surface area (Å²) >= 11 is 0. The first-order chi connectivity index (χ1) is 11.4. The zero-order valence-electron chi connectivity index (χ0n) is 14.0. The molecule has 0 fully saturated rings. The monoisotopic (exact) mass is 347 g/mol. The molecule has 0 radical (unpaired) electrons. The van der Waals surface area contributed by atoms with Crippen LogP contribution in [0, 0.1) is 13.8 Å². The fourth-order valence-electron chi connectivity index (χ4n) is 2.69. The Balaban J connectivity index is 1.86. The summed E-state index contributed by atoms with van der Waals surface area (Å²) in [6.45, 7) is 6.51. The van der Waals surface area contributed by atoms with E-state index in [1.54, 1.807) is 13.0 Å². The highest BCUT2D eigenvalue weighted by atomic mass is 32.2. The van der Waals surface area contributed by atoms with Crippen LogP contribution in [0.15, 0.2) is 41.3 Å².